The molecule has 114 valence electrons. The molecule has 0 spiro atoms. The Morgan fingerprint density at radius 2 is 1.77 bits per heavy atom. The molecule has 22 heavy (non-hydrogen) atoms. The molecule has 2 aromatic carbocycles. The van der Waals surface area contributed by atoms with Gasteiger partial charge in [0.25, 0.3) is 5.91 Å². The second kappa shape index (κ2) is 5.89. The summed E-state index contributed by atoms with van der Waals surface area (Å²) in [7, 11) is 0. The van der Waals surface area contributed by atoms with Gasteiger partial charge in [0, 0.05) is 0 Å². The average molecular weight is 299 g/mol. The quantitative estimate of drug-likeness (QED) is 0.892. The van der Waals surface area contributed by atoms with Gasteiger partial charge in [0.15, 0.2) is 0 Å². The number of carbonyl (C=O) groups excluding carboxylic acids is 1. The highest BCUT2D eigenvalue weighted by Crippen LogP contribution is 2.45. The molecule has 3 nitrogen and oxygen atoms in total. The van der Waals surface area contributed by atoms with Crippen molar-refractivity contribution in [2.45, 2.75) is 18.4 Å². The average Bonchev–Trinajstić information content (AvgIpc) is 3.39. The topological polar surface area (TPSA) is 49.3 Å². The number of halogens is 1. The third kappa shape index (κ3) is 2.88. The first-order valence-corrected chi connectivity index (χ1v) is 7.42. The summed E-state index contributed by atoms with van der Waals surface area (Å²) in [5.74, 6) is -0.932. The van der Waals surface area contributed by atoms with Crippen molar-refractivity contribution < 1.29 is 14.3 Å². The predicted molar refractivity (Wildman–Crippen MR) is 81.8 cm³/mol. The summed E-state index contributed by atoms with van der Waals surface area (Å²) in [5.41, 5.74) is -0.317. The molecule has 0 aliphatic heterocycles. The van der Waals surface area contributed by atoms with Crippen LogP contribution >= 0.6 is 0 Å². The molecule has 0 saturated heterocycles. The lowest BCUT2D eigenvalue weighted by atomic mass is 9.88. The van der Waals surface area contributed by atoms with Gasteiger partial charge in [-0.05, 0) is 36.5 Å². The first kappa shape index (κ1) is 14.7. The van der Waals surface area contributed by atoms with E-state index in [2.05, 4.69) is 5.32 Å². The molecule has 1 fully saturated rings. The minimum atomic E-state index is -1.10. The van der Waals surface area contributed by atoms with Crippen molar-refractivity contribution in [1.29, 1.82) is 0 Å². The molecule has 0 bridgehead atoms. The Hall–Kier alpha value is -2.20. The molecule has 0 unspecified atom stereocenters. The van der Waals surface area contributed by atoms with Crippen LogP contribution in [0.5, 0.6) is 0 Å². The molecule has 2 aromatic rings. The van der Waals surface area contributed by atoms with Crippen LogP contribution in [0.2, 0.25) is 0 Å². The van der Waals surface area contributed by atoms with Crippen molar-refractivity contribution in [3.63, 3.8) is 0 Å². The lowest BCUT2D eigenvalue weighted by Crippen LogP contribution is -2.42. The fraction of sp³-hybridized carbons (Fsp3) is 0.278. The number of benzene rings is 2. The second-order valence-electron chi connectivity index (χ2n) is 5.73. The van der Waals surface area contributed by atoms with Gasteiger partial charge in [-0.15, -0.1) is 0 Å². The van der Waals surface area contributed by atoms with E-state index in [9.17, 15) is 14.3 Å². The van der Waals surface area contributed by atoms with Gasteiger partial charge in [-0.25, -0.2) is 4.39 Å². The van der Waals surface area contributed by atoms with Gasteiger partial charge in [-0.1, -0.05) is 42.5 Å². The molecular formula is C18H18FNO2. The summed E-state index contributed by atoms with van der Waals surface area (Å²) < 4.78 is 13.6. The summed E-state index contributed by atoms with van der Waals surface area (Å²) in [6, 6.07) is 15.2. The Morgan fingerprint density at radius 3 is 2.41 bits per heavy atom. The van der Waals surface area contributed by atoms with Crippen molar-refractivity contribution in [3.05, 3.63) is 71.5 Å². The van der Waals surface area contributed by atoms with Gasteiger partial charge in [0.2, 0.25) is 0 Å². The summed E-state index contributed by atoms with van der Waals surface area (Å²) >= 11 is 0. The number of carbonyl (C=O) groups is 1. The van der Waals surface area contributed by atoms with E-state index in [4.69, 9.17) is 0 Å². The third-order valence-corrected chi connectivity index (χ3v) is 4.16. The van der Waals surface area contributed by atoms with Crippen molar-refractivity contribution in [1.82, 2.24) is 5.32 Å². The number of rotatable bonds is 5. The zero-order valence-corrected chi connectivity index (χ0v) is 12.1. The van der Waals surface area contributed by atoms with Crippen LogP contribution in [0, 0.1) is 11.7 Å². The Morgan fingerprint density at radius 1 is 1.14 bits per heavy atom. The molecule has 0 radical (unpaired) electrons. The second-order valence-corrected chi connectivity index (χ2v) is 5.73. The summed E-state index contributed by atoms with van der Waals surface area (Å²) in [6.07, 6.45) is 1.86. The molecular weight excluding hydrogens is 281 g/mol. The van der Waals surface area contributed by atoms with Crippen molar-refractivity contribution in [2.24, 2.45) is 5.92 Å². The molecule has 1 aliphatic carbocycles. The lowest BCUT2D eigenvalue weighted by molar-refractivity contribution is 0.0134. The maximum Gasteiger partial charge on any atom is 0.254 e. The first-order valence-electron chi connectivity index (χ1n) is 7.42. The van der Waals surface area contributed by atoms with Gasteiger partial charge in [-0.3, -0.25) is 4.79 Å². The minimum Gasteiger partial charge on any atom is -0.383 e. The summed E-state index contributed by atoms with van der Waals surface area (Å²) in [5, 5.41) is 13.7. The number of hydrogen-bond donors (Lipinski definition) is 2. The number of hydrogen-bond acceptors (Lipinski definition) is 2. The van der Waals surface area contributed by atoms with Gasteiger partial charge < -0.3 is 10.4 Å². The van der Waals surface area contributed by atoms with Crippen LogP contribution in [-0.4, -0.2) is 17.6 Å². The maximum absolute atomic E-state index is 13.6. The monoisotopic (exact) mass is 299 g/mol. The van der Waals surface area contributed by atoms with E-state index in [1.807, 2.05) is 30.3 Å². The molecule has 1 atom stereocenters. The number of amides is 1. The molecule has 1 amide bonds. The van der Waals surface area contributed by atoms with Crippen LogP contribution in [0.3, 0.4) is 0 Å². The Kier molecular flexibility index (Phi) is 3.94. The van der Waals surface area contributed by atoms with E-state index in [-0.39, 0.29) is 18.0 Å². The Balaban J connectivity index is 1.76. The molecule has 1 aliphatic rings. The zero-order valence-electron chi connectivity index (χ0n) is 12.1. The lowest BCUT2D eigenvalue weighted by Gasteiger charge is -2.29. The van der Waals surface area contributed by atoms with Crippen LogP contribution < -0.4 is 5.32 Å². The van der Waals surface area contributed by atoms with Crippen LogP contribution in [0.4, 0.5) is 4.39 Å². The molecule has 0 heterocycles. The number of nitrogens with one attached hydrogen (secondary N) is 1. The summed E-state index contributed by atoms with van der Waals surface area (Å²) in [6.45, 7) is 0.0782. The zero-order chi connectivity index (χ0) is 15.6. The number of aliphatic hydroxyl groups is 1. The smallest absolute Gasteiger partial charge is 0.254 e. The first-order chi connectivity index (χ1) is 10.6. The highest BCUT2D eigenvalue weighted by atomic mass is 19.1. The fourth-order valence-electron chi connectivity index (χ4n) is 2.73. The van der Waals surface area contributed by atoms with Crippen LogP contribution in [-0.2, 0) is 5.60 Å². The fourth-order valence-corrected chi connectivity index (χ4v) is 2.73. The minimum absolute atomic E-state index is 0.00583. The van der Waals surface area contributed by atoms with E-state index >= 15 is 0 Å². The van der Waals surface area contributed by atoms with Gasteiger partial charge in [0.05, 0.1) is 12.1 Å². The molecule has 2 N–H and O–H groups in total. The SMILES string of the molecule is O=C(NC[C@](O)(c1ccccc1)C1CC1)c1ccccc1F. The van der Waals surface area contributed by atoms with Gasteiger partial charge in [-0.2, -0.15) is 0 Å². The predicted octanol–water partition coefficient (Wildman–Crippen LogP) is 2.85. The Labute approximate surface area is 128 Å². The standard InChI is InChI=1S/C18H18FNO2/c19-16-9-5-4-8-15(16)17(21)20-12-18(22,14-10-11-14)13-6-2-1-3-7-13/h1-9,14,22H,10-12H2,(H,20,21)/t18-/m0/s1. The van der Waals surface area contributed by atoms with E-state index in [1.54, 1.807) is 6.07 Å². The van der Waals surface area contributed by atoms with E-state index < -0.39 is 17.3 Å². The van der Waals surface area contributed by atoms with Crippen molar-refractivity contribution in [2.75, 3.05) is 6.54 Å². The molecule has 0 aromatic heterocycles. The summed E-state index contributed by atoms with van der Waals surface area (Å²) in [4.78, 5) is 12.1. The highest BCUT2D eigenvalue weighted by Gasteiger charge is 2.45. The van der Waals surface area contributed by atoms with Crippen molar-refractivity contribution >= 4 is 5.91 Å². The van der Waals surface area contributed by atoms with E-state index in [1.165, 1.54) is 18.2 Å². The molecule has 4 heteroatoms. The maximum atomic E-state index is 13.6. The molecule has 3 rings (SSSR count). The largest absolute Gasteiger partial charge is 0.383 e. The van der Waals surface area contributed by atoms with Crippen LogP contribution in [0.25, 0.3) is 0 Å². The van der Waals surface area contributed by atoms with Crippen LogP contribution in [0.1, 0.15) is 28.8 Å². The van der Waals surface area contributed by atoms with E-state index in [0.717, 1.165) is 18.4 Å². The third-order valence-electron chi connectivity index (χ3n) is 4.16. The van der Waals surface area contributed by atoms with Gasteiger partial charge in [0.1, 0.15) is 11.4 Å². The van der Waals surface area contributed by atoms with Gasteiger partial charge >= 0.3 is 0 Å². The highest BCUT2D eigenvalue weighted by molar-refractivity contribution is 5.94. The Bertz CT molecular complexity index is 670. The van der Waals surface area contributed by atoms with E-state index in [0.29, 0.717) is 0 Å². The molecule has 1 saturated carbocycles. The normalized spacial score (nSPS) is 16.8. The van der Waals surface area contributed by atoms with Crippen LogP contribution in [0.15, 0.2) is 54.6 Å². The van der Waals surface area contributed by atoms with Crippen molar-refractivity contribution in [3.8, 4) is 0 Å².